The van der Waals surface area contributed by atoms with Crippen molar-refractivity contribution < 1.29 is 14.3 Å². The van der Waals surface area contributed by atoms with Crippen molar-refractivity contribution in [1.82, 2.24) is 4.90 Å². The van der Waals surface area contributed by atoms with Gasteiger partial charge in [-0.15, -0.1) is 0 Å². The van der Waals surface area contributed by atoms with Gasteiger partial charge in [-0.3, -0.25) is 14.5 Å². The molecule has 0 aromatic heterocycles. The smallest absolute Gasteiger partial charge is 0.278 e. The van der Waals surface area contributed by atoms with Gasteiger partial charge >= 0.3 is 0 Å². The van der Waals surface area contributed by atoms with Gasteiger partial charge in [0.15, 0.2) is 0 Å². The molecule has 0 saturated heterocycles. The number of amides is 2. The highest BCUT2D eigenvalue weighted by Crippen LogP contribution is 2.32. The maximum atomic E-state index is 13.5. The van der Waals surface area contributed by atoms with E-state index in [1.165, 1.54) is 10.5 Å². The Balaban J connectivity index is 1.62. The SMILES string of the molecule is COc1ccc(CCN2C(=O)C(Nc3ccc(C(C)(C)C)cc3)=C(c3ccc(C)cc3)C2=O)cc1. The van der Waals surface area contributed by atoms with Gasteiger partial charge in [0.1, 0.15) is 11.4 Å². The van der Waals surface area contributed by atoms with Crippen LogP contribution in [-0.2, 0) is 21.4 Å². The van der Waals surface area contributed by atoms with Gasteiger partial charge in [-0.1, -0.05) is 74.9 Å². The lowest BCUT2D eigenvalue weighted by atomic mass is 9.87. The van der Waals surface area contributed by atoms with Crippen LogP contribution in [0.15, 0.2) is 78.5 Å². The maximum absolute atomic E-state index is 13.5. The average molecular weight is 469 g/mol. The minimum Gasteiger partial charge on any atom is -0.497 e. The molecule has 0 saturated carbocycles. The lowest BCUT2D eigenvalue weighted by molar-refractivity contribution is -0.136. The van der Waals surface area contributed by atoms with Crippen LogP contribution in [0, 0.1) is 6.92 Å². The van der Waals surface area contributed by atoms with Crippen LogP contribution in [0.4, 0.5) is 5.69 Å². The molecule has 1 heterocycles. The number of carbonyl (C=O) groups is 2. The largest absolute Gasteiger partial charge is 0.497 e. The zero-order chi connectivity index (χ0) is 25.2. The predicted octanol–water partition coefficient (Wildman–Crippen LogP) is 5.74. The van der Waals surface area contributed by atoms with Crippen molar-refractivity contribution in [3.05, 3.63) is 101 Å². The van der Waals surface area contributed by atoms with E-state index in [2.05, 4.69) is 38.2 Å². The van der Waals surface area contributed by atoms with E-state index in [0.717, 1.165) is 28.1 Å². The molecule has 5 nitrogen and oxygen atoms in total. The van der Waals surface area contributed by atoms with Crippen molar-refractivity contribution in [1.29, 1.82) is 0 Å². The topological polar surface area (TPSA) is 58.6 Å². The summed E-state index contributed by atoms with van der Waals surface area (Å²) in [5, 5.41) is 3.26. The number of benzene rings is 3. The van der Waals surface area contributed by atoms with E-state index in [1.807, 2.05) is 67.6 Å². The first-order valence-corrected chi connectivity index (χ1v) is 11.9. The molecule has 0 unspecified atom stereocenters. The van der Waals surface area contributed by atoms with E-state index in [9.17, 15) is 9.59 Å². The molecule has 1 aliphatic rings. The fraction of sp³-hybridized carbons (Fsp3) is 0.267. The summed E-state index contributed by atoms with van der Waals surface area (Å²) in [4.78, 5) is 28.3. The fourth-order valence-corrected chi connectivity index (χ4v) is 4.11. The molecule has 0 fully saturated rings. The van der Waals surface area contributed by atoms with Gasteiger partial charge in [0.05, 0.1) is 12.7 Å². The molecular weight excluding hydrogens is 436 g/mol. The van der Waals surface area contributed by atoms with Crippen molar-refractivity contribution >= 4 is 23.1 Å². The highest BCUT2D eigenvalue weighted by Gasteiger charge is 2.39. The lowest BCUT2D eigenvalue weighted by Crippen LogP contribution is -2.34. The Morgan fingerprint density at radius 1 is 0.829 bits per heavy atom. The Morgan fingerprint density at radius 3 is 2.03 bits per heavy atom. The summed E-state index contributed by atoms with van der Waals surface area (Å²) in [6.45, 7) is 8.78. The van der Waals surface area contributed by atoms with Gasteiger partial charge in [0.25, 0.3) is 11.8 Å². The summed E-state index contributed by atoms with van der Waals surface area (Å²) in [6, 6.07) is 23.4. The van der Waals surface area contributed by atoms with Gasteiger partial charge < -0.3 is 10.1 Å². The molecule has 0 spiro atoms. The van der Waals surface area contributed by atoms with E-state index in [1.54, 1.807) is 7.11 Å². The average Bonchev–Trinajstić information content (AvgIpc) is 3.07. The first kappa shape index (κ1) is 24.3. The van der Waals surface area contributed by atoms with Crippen LogP contribution in [-0.4, -0.2) is 30.4 Å². The third-order valence-electron chi connectivity index (χ3n) is 6.31. The second-order valence-electron chi connectivity index (χ2n) is 9.93. The quantitative estimate of drug-likeness (QED) is 0.450. The lowest BCUT2D eigenvalue weighted by Gasteiger charge is -2.19. The molecule has 1 N–H and O–H groups in total. The summed E-state index contributed by atoms with van der Waals surface area (Å²) in [5.41, 5.74) is 5.58. The second-order valence-corrected chi connectivity index (χ2v) is 9.93. The zero-order valence-corrected chi connectivity index (χ0v) is 21.0. The van der Waals surface area contributed by atoms with Crippen molar-refractivity contribution in [3.8, 4) is 5.75 Å². The summed E-state index contributed by atoms with van der Waals surface area (Å²) in [6.07, 6.45) is 0.566. The van der Waals surface area contributed by atoms with Crippen molar-refractivity contribution in [2.75, 3.05) is 19.0 Å². The number of nitrogens with one attached hydrogen (secondary N) is 1. The number of aryl methyl sites for hydroxylation is 1. The summed E-state index contributed by atoms with van der Waals surface area (Å²) in [5.74, 6) is 0.189. The molecule has 0 radical (unpaired) electrons. The number of nitrogens with zero attached hydrogens (tertiary/aromatic N) is 1. The van der Waals surface area contributed by atoms with Gasteiger partial charge in [-0.2, -0.15) is 0 Å². The van der Waals surface area contributed by atoms with E-state index in [-0.39, 0.29) is 17.2 Å². The second kappa shape index (κ2) is 9.79. The number of hydrogen-bond acceptors (Lipinski definition) is 4. The molecule has 1 aliphatic heterocycles. The third kappa shape index (κ3) is 5.29. The zero-order valence-electron chi connectivity index (χ0n) is 21.0. The highest BCUT2D eigenvalue weighted by molar-refractivity contribution is 6.36. The van der Waals surface area contributed by atoms with E-state index < -0.39 is 0 Å². The number of carbonyl (C=O) groups excluding carboxylic acids is 2. The first-order chi connectivity index (χ1) is 16.7. The van der Waals surface area contributed by atoms with Gasteiger partial charge in [-0.05, 0) is 59.7 Å². The molecule has 0 atom stereocenters. The third-order valence-corrected chi connectivity index (χ3v) is 6.31. The van der Waals surface area contributed by atoms with Crippen LogP contribution < -0.4 is 10.1 Å². The summed E-state index contributed by atoms with van der Waals surface area (Å²) >= 11 is 0. The molecule has 2 amide bonds. The number of anilines is 1. The summed E-state index contributed by atoms with van der Waals surface area (Å²) in [7, 11) is 1.63. The van der Waals surface area contributed by atoms with Crippen molar-refractivity contribution in [2.24, 2.45) is 0 Å². The van der Waals surface area contributed by atoms with Gasteiger partial charge in [0.2, 0.25) is 0 Å². The molecule has 180 valence electrons. The number of rotatable bonds is 7. The van der Waals surface area contributed by atoms with Crippen LogP contribution in [0.25, 0.3) is 5.57 Å². The maximum Gasteiger partial charge on any atom is 0.278 e. The van der Waals surface area contributed by atoms with Crippen LogP contribution in [0.5, 0.6) is 5.75 Å². The molecule has 0 aliphatic carbocycles. The van der Waals surface area contributed by atoms with Crippen LogP contribution in [0.3, 0.4) is 0 Å². The Labute approximate surface area is 207 Å². The van der Waals surface area contributed by atoms with Crippen LogP contribution in [0.2, 0.25) is 0 Å². The molecule has 4 rings (SSSR count). The number of methoxy groups -OCH3 is 1. The van der Waals surface area contributed by atoms with Crippen molar-refractivity contribution in [3.63, 3.8) is 0 Å². The molecule has 3 aromatic carbocycles. The minimum atomic E-state index is -0.306. The van der Waals surface area contributed by atoms with E-state index in [0.29, 0.717) is 24.2 Å². The Morgan fingerprint density at radius 2 is 1.46 bits per heavy atom. The molecule has 35 heavy (non-hydrogen) atoms. The van der Waals surface area contributed by atoms with Crippen LogP contribution >= 0.6 is 0 Å². The van der Waals surface area contributed by atoms with Crippen molar-refractivity contribution in [2.45, 2.75) is 39.5 Å². The Bertz CT molecular complexity index is 1250. The highest BCUT2D eigenvalue weighted by atomic mass is 16.5. The standard InChI is InChI=1S/C30H32N2O3/c1-20-6-10-22(11-7-20)26-27(31-24-14-12-23(13-15-24)30(2,3)4)29(34)32(28(26)33)19-18-21-8-16-25(35-5)17-9-21/h6-17,31H,18-19H2,1-5H3. The van der Waals surface area contributed by atoms with Crippen LogP contribution in [0.1, 0.15) is 43.0 Å². The molecule has 0 bridgehead atoms. The summed E-state index contributed by atoms with van der Waals surface area (Å²) < 4.78 is 5.22. The monoisotopic (exact) mass is 468 g/mol. The molecule has 5 heteroatoms. The van der Waals surface area contributed by atoms with Gasteiger partial charge in [-0.25, -0.2) is 0 Å². The Hall–Kier alpha value is -3.86. The number of hydrogen-bond donors (Lipinski definition) is 1. The fourth-order valence-electron chi connectivity index (χ4n) is 4.11. The van der Waals surface area contributed by atoms with E-state index >= 15 is 0 Å². The normalized spacial score (nSPS) is 14.0. The molecule has 3 aromatic rings. The minimum absolute atomic E-state index is 0.0300. The number of imide groups is 1. The predicted molar refractivity (Wildman–Crippen MR) is 140 cm³/mol. The number of ether oxygens (including phenoxy) is 1. The van der Waals surface area contributed by atoms with E-state index in [4.69, 9.17) is 4.74 Å². The first-order valence-electron chi connectivity index (χ1n) is 11.9. The Kier molecular flexibility index (Phi) is 6.79. The molecular formula is C30H32N2O3. The van der Waals surface area contributed by atoms with Gasteiger partial charge in [0, 0.05) is 12.2 Å².